The number of rotatable bonds is 7. The highest BCUT2D eigenvalue weighted by Crippen LogP contribution is 2.23. The molecule has 0 aliphatic heterocycles. The van der Waals surface area contributed by atoms with Gasteiger partial charge in [-0.25, -0.2) is 4.39 Å². The molecule has 1 N–H and O–H groups in total. The van der Waals surface area contributed by atoms with E-state index in [1.807, 2.05) is 46.8 Å². The Hall–Kier alpha value is -1.31. The monoisotopic (exact) mass is 441 g/mol. The third-order valence-corrected chi connectivity index (χ3v) is 3.89. The molecule has 1 aromatic rings. The third kappa shape index (κ3) is 28.7. The molecule has 0 saturated heterocycles. The van der Waals surface area contributed by atoms with Crippen molar-refractivity contribution in [1.82, 2.24) is 5.32 Å². The Morgan fingerprint density at radius 2 is 1.23 bits per heavy atom. The minimum absolute atomic E-state index is 0.191. The van der Waals surface area contributed by atoms with Crippen LogP contribution in [0.25, 0.3) is 5.70 Å². The molecule has 0 heterocycles. The molecule has 1 aromatic carbocycles. The summed E-state index contributed by atoms with van der Waals surface area (Å²) in [6.45, 7) is 31.7. The van der Waals surface area contributed by atoms with Gasteiger partial charge in [0.2, 0.25) is 0 Å². The molecule has 1 unspecified atom stereocenters. The molecule has 31 heavy (non-hydrogen) atoms. The predicted molar refractivity (Wildman–Crippen MR) is 148 cm³/mol. The van der Waals surface area contributed by atoms with Crippen LogP contribution in [0.1, 0.15) is 146 Å². The van der Waals surface area contributed by atoms with Gasteiger partial charge in [0.1, 0.15) is 5.82 Å². The number of unbranched alkanes of at least 4 members (excludes halogenated alkanes) is 2. The first-order valence-electron chi connectivity index (χ1n) is 13.1. The van der Waals surface area contributed by atoms with Crippen molar-refractivity contribution < 1.29 is 4.39 Å². The lowest BCUT2D eigenvalue weighted by molar-refractivity contribution is 0.614. The number of benzene rings is 1. The molecule has 0 fully saturated rings. The van der Waals surface area contributed by atoms with E-state index in [0.717, 1.165) is 18.5 Å². The van der Waals surface area contributed by atoms with Crippen LogP contribution in [0.15, 0.2) is 24.8 Å². The summed E-state index contributed by atoms with van der Waals surface area (Å²) in [5, 5.41) is 3.03. The molecule has 0 spiro atoms. The minimum Gasteiger partial charge on any atom is -0.385 e. The smallest absolute Gasteiger partial charge is 0.132 e. The molecule has 188 valence electrons. The molecular formula is C29H60FN. The first kappa shape index (κ1) is 40.1. The van der Waals surface area contributed by atoms with Gasteiger partial charge < -0.3 is 5.32 Å². The van der Waals surface area contributed by atoms with Gasteiger partial charge >= 0.3 is 0 Å². The quantitative estimate of drug-likeness (QED) is 0.443. The highest BCUT2D eigenvalue weighted by atomic mass is 19.1. The van der Waals surface area contributed by atoms with E-state index in [0.29, 0.717) is 17.2 Å². The second-order valence-corrected chi connectivity index (χ2v) is 6.76. The maximum atomic E-state index is 13.8. The molecule has 0 aliphatic carbocycles. The first-order chi connectivity index (χ1) is 14.8. The topological polar surface area (TPSA) is 12.0 Å². The van der Waals surface area contributed by atoms with Gasteiger partial charge in [0, 0.05) is 17.8 Å². The summed E-state index contributed by atoms with van der Waals surface area (Å²) >= 11 is 0. The first-order valence-corrected chi connectivity index (χ1v) is 13.1. The molecule has 1 nitrogen and oxygen atoms in total. The second kappa shape index (κ2) is 36.1. The normalized spacial score (nSPS) is 9.23. The van der Waals surface area contributed by atoms with Crippen LogP contribution in [0, 0.1) is 5.82 Å². The molecule has 1 rings (SSSR count). The zero-order valence-corrected chi connectivity index (χ0v) is 23.8. The lowest BCUT2D eigenvalue weighted by Crippen LogP contribution is -2.11. The summed E-state index contributed by atoms with van der Waals surface area (Å²) in [6, 6.07) is 5.41. The Kier molecular flexibility index (Phi) is 46.7. The van der Waals surface area contributed by atoms with E-state index >= 15 is 0 Å². The molecule has 0 amide bonds. The van der Waals surface area contributed by atoms with Crippen molar-refractivity contribution in [3.8, 4) is 0 Å². The number of halogens is 1. The Labute approximate surface area is 198 Å². The predicted octanol–water partition coefficient (Wildman–Crippen LogP) is 11.0. The number of hydrogen-bond acceptors (Lipinski definition) is 1. The van der Waals surface area contributed by atoms with Crippen LogP contribution in [0.3, 0.4) is 0 Å². The molecule has 0 bridgehead atoms. The van der Waals surface area contributed by atoms with Crippen LogP contribution in [0.2, 0.25) is 0 Å². The van der Waals surface area contributed by atoms with Crippen LogP contribution < -0.4 is 5.32 Å². The van der Waals surface area contributed by atoms with Crippen LogP contribution >= 0.6 is 0 Å². The Morgan fingerprint density at radius 3 is 1.48 bits per heavy atom. The van der Waals surface area contributed by atoms with Crippen molar-refractivity contribution in [1.29, 1.82) is 0 Å². The Bertz CT molecular complexity index is 432. The fourth-order valence-corrected chi connectivity index (χ4v) is 1.63. The van der Waals surface area contributed by atoms with Crippen LogP contribution in [0.5, 0.6) is 0 Å². The second-order valence-electron chi connectivity index (χ2n) is 6.76. The van der Waals surface area contributed by atoms with Crippen LogP contribution in [0.4, 0.5) is 4.39 Å². The van der Waals surface area contributed by atoms with E-state index in [1.165, 1.54) is 32.1 Å². The van der Waals surface area contributed by atoms with Gasteiger partial charge in [0.05, 0.1) is 0 Å². The molecule has 1 atom stereocenters. The van der Waals surface area contributed by atoms with Crippen LogP contribution in [-0.4, -0.2) is 6.54 Å². The summed E-state index contributed by atoms with van der Waals surface area (Å²) in [5.41, 5.74) is 2.26. The number of hydrogen-bond donors (Lipinski definition) is 1. The lowest BCUT2D eigenvalue weighted by atomic mass is 9.97. The van der Waals surface area contributed by atoms with Crippen molar-refractivity contribution in [3.05, 3.63) is 41.7 Å². The summed E-state index contributed by atoms with van der Waals surface area (Å²) in [5.74, 6) is 0.208. The zero-order valence-electron chi connectivity index (χ0n) is 23.8. The summed E-state index contributed by atoms with van der Waals surface area (Å²) in [4.78, 5) is 0. The average molecular weight is 442 g/mol. The molecule has 0 aromatic heterocycles. The third-order valence-electron chi connectivity index (χ3n) is 3.89. The SMILES string of the molecule is C=C(NCC)c1ccc(C(C)CC)cc1F.CC.CC.CCC.CCCC.CCCC. The summed E-state index contributed by atoms with van der Waals surface area (Å²) in [6.07, 6.45) is 7.55. The molecular weight excluding hydrogens is 381 g/mol. The standard InChI is InChI=1S/C14H20FN.2C4H10.C3H8.2C2H6/c1-5-10(3)12-7-8-13(14(15)9-12)11(4)16-6-2;2*1-3-4-2;1-3-2;2*1-2/h7-10,16H,4-6H2,1-3H3;2*3-4H2,1-2H3;3H2,1-2H3;2*1-2H3. The van der Waals surface area contributed by atoms with E-state index in [1.54, 1.807) is 6.07 Å². The van der Waals surface area contributed by atoms with E-state index in [-0.39, 0.29) is 5.82 Å². The van der Waals surface area contributed by atoms with E-state index in [9.17, 15) is 4.39 Å². The van der Waals surface area contributed by atoms with Crippen molar-refractivity contribution in [2.75, 3.05) is 6.54 Å². The van der Waals surface area contributed by atoms with E-state index in [4.69, 9.17) is 0 Å². The molecule has 2 heteroatoms. The summed E-state index contributed by atoms with van der Waals surface area (Å²) < 4.78 is 13.8. The number of nitrogens with one attached hydrogen (secondary N) is 1. The average Bonchev–Trinajstić information content (AvgIpc) is 2.82. The van der Waals surface area contributed by atoms with Crippen molar-refractivity contribution in [3.63, 3.8) is 0 Å². The lowest BCUT2D eigenvalue weighted by Gasteiger charge is -2.13. The highest BCUT2D eigenvalue weighted by molar-refractivity contribution is 5.62. The molecule has 0 radical (unpaired) electrons. The molecule has 0 aliphatic rings. The Morgan fingerprint density at radius 1 is 0.839 bits per heavy atom. The fraction of sp³-hybridized carbons (Fsp3) is 0.724. The largest absolute Gasteiger partial charge is 0.385 e. The van der Waals surface area contributed by atoms with Gasteiger partial charge in [-0.1, -0.05) is 128 Å². The van der Waals surface area contributed by atoms with Gasteiger partial charge in [-0.05, 0) is 37.0 Å². The van der Waals surface area contributed by atoms with Crippen molar-refractivity contribution >= 4 is 5.70 Å². The fourth-order valence-electron chi connectivity index (χ4n) is 1.63. The van der Waals surface area contributed by atoms with Gasteiger partial charge in [-0.15, -0.1) is 0 Å². The van der Waals surface area contributed by atoms with Gasteiger partial charge in [-0.3, -0.25) is 0 Å². The summed E-state index contributed by atoms with van der Waals surface area (Å²) in [7, 11) is 0. The zero-order chi connectivity index (χ0) is 25.7. The van der Waals surface area contributed by atoms with E-state index in [2.05, 4.69) is 67.3 Å². The van der Waals surface area contributed by atoms with Gasteiger partial charge in [-0.2, -0.15) is 0 Å². The molecule has 0 saturated carbocycles. The van der Waals surface area contributed by atoms with Gasteiger partial charge in [0.25, 0.3) is 0 Å². The van der Waals surface area contributed by atoms with Gasteiger partial charge in [0.15, 0.2) is 0 Å². The maximum Gasteiger partial charge on any atom is 0.132 e. The Balaban J connectivity index is -0.000000124. The van der Waals surface area contributed by atoms with E-state index < -0.39 is 0 Å². The maximum absolute atomic E-state index is 13.8. The highest BCUT2D eigenvalue weighted by Gasteiger charge is 2.09. The van der Waals surface area contributed by atoms with Crippen LogP contribution in [-0.2, 0) is 0 Å². The van der Waals surface area contributed by atoms with Crippen molar-refractivity contribution in [2.45, 2.75) is 134 Å². The minimum atomic E-state index is -0.191. The van der Waals surface area contributed by atoms with Crippen molar-refractivity contribution in [2.24, 2.45) is 0 Å².